The second-order valence-electron chi connectivity index (χ2n) is 5.54. The lowest BCUT2D eigenvalue weighted by molar-refractivity contribution is -0.127. The van der Waals surface area contributed by atoms with E-state index in [9.17, 15) is 14.4 Å². The highest BCUT2D eigenvalue weighted by Crippen LogP contribution is 2.37. The Balaban J connectivity index is 2.93. The predicted molar refractivity (Wildman–Crippen MR) is 100 cm³/mol. The number of urea groups is 1. The molecule has 0 aliphatic carbocycles. The van der Waals surface area contributed by atoms with Crippen molar-refractivity contribution < 1.29 is 28.6 Å². The zero-order valence-corrected chi connectivity index (χ0v) is 16.6. The molecule has 150 valence electrons. The van der Waals surface area contributed by atoms with E-state index in [1.807, 2.05) is 12.2 Å². The molecule has 0 spiro atoms. The Morgan fingerprint density at radius 3 is 2.48 bits per heavy atom. The average Bonchev–Trinajstić information content (AvgIpc) is 2.63. The number of hydrogen-bond acceptors (Lipinski definition) is 6. The van der Waals surface area contributed by atoms with Gasteiger partial charge in [-0.15, -0.1) is 0 Å². The molecule has 3 amide bonds. The third-order valence-corrected chi connectivity index (χ3v) is 3.69. The van der Waals surface area contributed by atoms with Crippen LogP contribution < -0.4 is 20.1 Å². The number of carbonyl (C=O) groups is 3. The summed E-state index contributed by atoms with van der Waals surface area (Å²) in [5, 5.41) is 4.46. The Bertz CT molecular complexity index is 680. The van der Waals surface area contributed by atoms with Gasteiger partial charge in [0.25, 0.3) is 5.91 Å². The summed E-state index contributed by atoms with van der Waals surface area (Å²) in [6, 6.07) is 2.14. The molecule has 0 heterocycles. The second kappa shape index (κ2) is 11.3. The molecule has 0 aliphatic heterocycles. The van der Waals surface area contributed by atoms with Crippen molar-refractivity contribution in [3.63, 3.8) is 0 Å². The van der Waals surface area contributed by atoms with Crippen LogP contribution in [-0.2, 0) is 9.53 Å². The maximum absolute atomic E-state index is 12.3. The third kappa shape index (κ3) is 6.97. The van der Waals surface area contributed by atoms with Crippen LogP contribution in [-0.4, -0.2) is 44.3 Å². The molecule has 0 radical (unpaired) electrons. The Morgan fingerprint density at radius 1 is 1.19 bits per heavy atom. The highest BCUT2D eigenvalue weighted by Gasteiger charge is 2.23. The molecule has 9 heteroatoms. The van der Waals surface area contributed by atoms with Gasteiger partial charge in [-0.3, -0.25) is 10.1 Å². The van der Waals surface area contributed by atoms with Gasteiger partial charge >= 0.3 is 12.0 Å². The smallest absolute Gasteiger partial charge is 0.339 e. The number of rotatable bonds is 9. The van der Waals surface area contributed by atoms with Crippen LogP contribution in [0.15, 0.2) is 12.1 Å². The van der Waals surface area contributed by atoms with E-state index in [-0.39, 0.29) is 10.6 Å². The topological polar surface area (TPSA) is 103 Å². The summed E-state index contributed by atoms with van der Waals surface area (Å²) in [7, 11) is 1.36. The van der Waals surface area contributed by atoms with Crippen molar-refractivity contribution in [2.24, 2.45) is 0 Å². The van der Waals surface area contributed by atoms with Crippen molar-refractivity contribution >= 4 is 29.5 Å². The Morgan fingerprint density at radius 2 is 1.89 bits per heavy atom. The monoisotopic (exact) mass is 400 g/mol. The first-order chi connectivity index (χ1) is 12.8. The minimum atomic E-state index is -1.18. The molecule has 0 saturated carbocycles. The van der Waals surface area contributed by atoms with Crippen molar-refractivity contribution in [1.82, 2.24) is 10.6 Å². The molecule has 1 atom stereocenters. The fourth-order valence-corrected chi connectivity index (χ4v) is 2.23. The van der Waals surface area contributed by atoms with E-state index in [2.05, 4.69) is 5.32 Å². The number of hydrogen-bond donors (Lipinski definition) is 2. The lowest BCUT2D eigenvalue weighted by Gasteiger charge is -2.16. The van der Waals surface area contributed by atoms with Gasteiger partial charge in [-0.25, -0.2) is 9.59 Å². The number of unbranched alkanes of at least 4 members (excludes halogenated alkanes) is 1. The van der Waals surface area contributed by atoms with E-state index in [1.165, 1.54) is 26.1 Å². The first-order valence-corrected chi connectivity index (χ1v) is 9.04. The van der Waals surface area contributed by atoms with E-state index in [4.69, 9.17) is 25.8 Å². The van der Waals surface area contributed by atoms with Crippen LogP contribution >= 0.6 is 11.6 Å². The van der Waals surface area contributed by atoms with Crippen molar-refractivity contribution in [2.45, 2.75) is 39.7 Å². The quantitative estimate of drug-likeness (QED) is 0.488. The summed E-state index contributed by atoms with van der Waals surface area (Å²) in [6.07, 6.45) is 0.635. The molecule has 1 rings (SSSR count). The molecule has 0 aromatic heterocycles. The molecule has 0 aliphatic rings. The first kappa shape index (κ1) is 22.6. The fraction of sp³-hybridized carbons (Fsp3) is 0.500. The van der Waals surface area contributed by atoms with Gasteiger partial charge in [0.2, 0.25) is 0 Å². The van der Waals surface area contributed by atoms with Gasteiger partial charge in [0.1, 0.15) is 0 Å². The minimum absolute atomic E-state index is 0.103. The van der Waals surface area contributed by atoms with Gasteiger partial charge in [0.05, 0.1) is 23.8 Å². The van der Waals surface area contributed by atoms with Gasteiger partial charge in [0.15, 0.2) is 17.6 Å². The summed E-state index contributed by atoms with van der Waals surface area (Å²) in [4.78, 5) is 35.3. The molecule has 0 fully saturated rings. The van der Waals surface area contributed by atoms with E-state index in [1.54, 1.807) is 6.92 Å². The maximum Gasteiger partial charge on any atom is 0.339 e. The summed E-state index contributed by atoms with van der Waals surface area (Å²) in [5.41, 5.74) is 0.103. The molecule has 8 nitrogen and oxygen atoms in total. The Kier molecular flexibility index (Phi) is 9.42. The summed E-state index contributed by atoms with van der Waals surface area (Å²) in [6.45, 7) is 6.00. The van der Waals surface area contributed by atoms with Crippen LogP contribution in [0.5, 0.6) is 11.5 Å². The molecule has 0 saturated heterocycles. The van der Waals surface area contributed by atoms with Gasteiger partial charge in [0, 0.05) is 7.05 Å². The van der Waals surface area contributed by atoms with Gasteiger partial charge in [-0.05, 0) is 32.4 Å². The number of ether oxygens (including phenoxy) is 3. The van der Waals surface area contributed by atoms with Crippen LogP contribution in [0.1, 0.15) is 44.0 Å². The van der Waals surface area contributed by atoms with Gasteiger partial charge in [-0.2, -0.15) is 0 Å². The molecule has 2 N–H and O–H groups in total. The molecule has 27 heavy (non-hydrogen) atoms. The SMILES string of the molecule is CCCCOc1c(Cl)cc(C(=O)O[C@@H](C)C(=O)NC(=O)NC)cc1OCC. The molecule has 0 bridgehead atoms. The number of amides is 3. The van der Waals surface area contributed by atoms with Crippen LogP contribution in [0.3, 0.4) is 0 Å². The van der Waals surface area contributed by atoms with Crippen LogP contribution in [0.2, 0.25) is 5.02 Å². The normalized spacial score (nSPS) is 11.3. The lowest BCUT2D eigenvalue weighted by atomic mass is 10.2. The van der Waals surface area contributed by atoms with Crippen LogP contribution in [0.25, 0.3) is 0 Å². The molecular weight excluding hydrogens is 376 g/mol. The third-order valence-electron chi connectivity index (χ3n) is 3.41. The van der Waals surface area contributed by atoms with Gasteiger partial charge in [-0.1, -0.05) is 24.9 Å². The Hall–Kier alpha value is -2.48. The van der Waals surface area contributed by atoms with Crippen molar-refractivity contribution in [3.05, 3.63) is 22.7 Å². The molecular formula is C18H25ClN2O6. The standard InChI is InChI=1S/C18H25ClN2O6/c1-5-7-8-26-15-13(19)9-12(10-14(15)25-6-2)17(23)27-11(3)16(22)21-18(24)20-4/h9-11H,5-8H2,1-4H3,(H2,20,21,22,24)/t11-/m0/s1. The Labute approximate surface area is 163 Å². The number of imide groups is 1. The van der Waals surface area contributed by atoms with Crippen LogP contribution in [0, 0.1) is 0 Å². The van der Waals surface area contributed by atoms with Crippen LogP contribution in [0.4, 0.5) is 4.79 Å². The maximum atomic E-state index is 12.3. The molecule has 1 aromatic carbocycles. The highest BCUT2D eigenvalue weighted by atomic mass is 35.5. The zero-order chi connectivity index (χ0) is 20.4. The van der Waals surface area contributed by atoms with E-state index in [0.717, 1.165) is 12.8 Å². The van der Waals surface area contributed by atoms with Gasteiger partial charge < -0.3 is 19.5 Å². The van der Waals surface area contributed by atoms with E-state index < -0.39 is 24.0 Å². The lowest BCUT2D eigenvalue weighted by Crippen LogP contribution is -2.43. The van der Waals surface area contributed by atoms with Crippen molar-refractivity contribution in [1.29, 1.82) is 0 Å². The number of benzene rings is 1. The van der Waals surface area contributed by atoms with Crippen molar-refractivity contribution in [3.8, 4) is 11.5 Å². The zero-order valence-electron chi connectivity index (χ0n) is 15.9. The second-order valence-corrected chi connectivity index (χ2v) is 5.94. The fourth-order valence-electron chi connectivity index (χ4n) is 1.97. The minimum Gasteiger partial charge on any atom is -0.490 e. The summed E-state index contributed by atoms with van der Waals surface area (Å²) < 4.78 is 16.2. The molecule has 1 aromatic rings. The number of esters is 1. The number of halogens is 1. The average molecular weight is 401 g/mol. The van der Waals surface area contributed by atoms with Crippen molar-refractivity contribution in [2.75, 3.05) is 20.3 Å². The number of carbonyl (C=O) groups excluding carboxylic acids is 3. The summed E-state index contributed by atoms with van der Waals surface area (Å²) >= 11 is 6.24. The predicted octanol–water partition coefficient (Wildman–Crippen LogP) is 2.92. The van der Waals surface area contributed by atoms with E-state index >= 15 is 0 Å². The largest absolute Gasteiger partial charge is 0.490 e. The summed E-state index contributed by atoms with van der Waals surface area (Å²) in [5.74, 6) is -0.861. The molecule has 0 unspecified atom stereocenters. The van der Waals surface area contributed by atoms with E-state index in [0.29, 0.717) is 24.7 Å². The first-order valence-electron chi connectivity index (χ1n) is 8.66. The number of nitrogens with one attached hydrogen (secondary N) is 2. The highest BCUT2D eigenvalue weighted by molar-refractivity contribution is 6.32.